The molecule has 0 saturated heterocycles. The third-order valence-electron chi connectivity index (χ3n) is 3.90. The highest BCUT2D eigenvalue weighted by Crippen LogP contribution is 2.29. The Morgan fingerprint density at radius 2 is 1.82 bits per heavy atom. The minimum atomic E-state index is -0.0671. The third-order valence-corrected chi connectivity index (χ3v) is 3.90. The van der Waals surface area contributed by atoms with E-state index in [0.717, 1.165) is 32.0 Å². The van der Waals surface area contributed by atoms with Crippen molar-refractivity contribution in [1.29, 1.82) is 0 Å². The lowest BCUT2D eigenvalue weighted by Gasteiger charge is -2.34. The van der Waals surface area contributed by atoms with Crippen LogP contribution in [0.5, 0.6) is 0 Å². The van der Waals surface area contributed by atoms with Gasteiger partial charge in [-0.25, -0.2) is 0 Å². The first kappa shape index (κ1) is 14.9. The van der Waals surface area contributed by atoms with E-state index in [1.807, 2.05) is 0 Å². The second-order valence-corrected chi connectivity index (χ2v) is 6.16. The molecule has 3 nitrogen and oxygen atoms in total. The van der Waals surface area contributed by atoms with Crippen molar-refractivity contribution >= 4 is 0 Å². The van der Waals surface area contributed by atoms with Gasteiger partial charge in [-0.3, -0.25) is 0 Å². The van der Waals surface area contributed by atoms with E-state index in [1.165, 1.54) is 19.3 Å². The van der Waals surface area contributed by atoms with Crippen LogP contribution in [0.2, 0.25) is 0 Å². The van der Waals surface area contributed by atoms with Gasteiger partial charge < -0.3 is 14.9 Å². The molecule has 0 heterocycles. The summed E-state index contributed by atoms with van der Waals surface area (Å²) in [6, 6.07) is 0. The van der Waals surface area contributed by atoms with Crippen molar-refractivity contribution in [2.45, 2.75) is 38.7 Å². The molecular formula is C14H30N2O. The van der Waals surface area contributed by atoms with Gasteiger partial charge in [-0.05, 0) is 71.8 Å². The summed E-state index contributed by atoms with van der Waals surface area (Å²) >= 11 is 0. The second-order valence-electron chi connectivity index (χ2n) is 6.16. The third kappa shape index (κ3) is 5.84. The zero-order valence-corrected chi connectivity index (χ0v) is 12.0. The van der Waals surface area contributed by atoms with Gasteiger partial charge in [0.1, 0.15) is 0 Å². The van der Waals surface area contributed by atoms with E-state index in [0.29, 0.717) is 5.92 Å². The van der Waals surface area contributed by atoms with Gasteiger partial charge in [-0.1, -0.05) is 6.92 Å². The molecule has 1 rings (SSSR count). The summed E-state index contributed by atoms with van der Waals surface area (Å²) in [6.07, 6.45) is 4.53. The maximum atomic E-state index is 10.0. The number of aliphatic hydroxyl groups excluding tert-OH is 1. The topological polar surface area (TPSA) is 26.7 Å². The highest BCUT2D eigenvalue weighted by atomic mass is 16.3. The van der Waals surface area contributed by atoms with Crippen LogP contribution < -0.4 is 0 Å². The SMILES string of the molecule is CC1CCC(O)C(CN(C)CCCN(C)C)C1. The predicted octanol–water partition coefficient (Wildman–Crippen LogP) is 1.67. The Bertz CT molecular complexity index is 208. The van der Waals surface area contributed by atoms with Gasteiger partial charge in [0.25, 0.3) is 0 Å². The molecule has 3 unspecified atom stereocenters. The number of hydrogen-bond donors (Lipinski definition) is 1. The molecular weight excluding hydrogens is 212 g/mol. The van der Waals surface area contributed by atoms with E-state index in [1.54, 1.807) is 0 Å². The number of nitrogens with zero attached hydrogens (tertiary/aromatic N) is 2. The van der Waals surface area contributed by atoms with Gasteiger partial charge in [0.15, 0.2) is 0 Å². The highest BCUT2D eigenvalue weighted by Gasteiger charge is 2.27. The van der Waals surface area contributed by atoms with E-state index in [2.05, 4.69) is 37.9 Å². The lowest BCUT2D eigenvalue weighted by atomic mass is 9.80. The van der Waals surface area contributed by atoms with E-state index in [4.69, 9.17) is 0 Å². The second kappa shape index (κ2) is 7.34. The molecule has 0 spiro atoms. The van der Waals surface area contributed by atoms with Crippen LogP contribution in [0, 0.1) is 11.8 Å². The Labute approximate surface area is 107 Å². The standard InChI is InChI=1S/C14H30N2O/c1-12-6-7-14(17)13(10-12)11-16(4)9-5-8-15(2)3/h12-14,17H,5-11H2,1-4H3. The Morgan fingerprint density at radius 1 is 1.12 bits per heavy atom. The summed E-state index contributed by atoms with van der Waals surface area (Å²) < 4.78 is 0. The molecule has 0 aromatic heterocycles. The fraction of sp³-hybridized carbons (Fsp3) is 1.00. The fourth-order valence-corrected chi connectivity index (χ4v) is 2.83. The molecule has 3 atom stereocenters. The molecule has 1 aliphatic carbocycles. The largest absolute Gasteiger partial charge is 0.393 e. The molecule has 0 aliphatic heterocycles. The van der Waals surface area contributed by atoms with Gasteiger partial charge in [-0.15, -0.1) is 0 Å². The summed E-state index contributed by atoms with van der Waals surface area (Å²) in [5, 5.41) is 10.0. The fourth-order valence-electron chi connectivity index (χ4n) is 2.83. The lowest BCUT2D eigenvalue weighted by molar-refractivity contribution is 0.0346. The molecule has 0 radical (unpaired) electrons. The molecule has 1 fully saturated rings. The maximum absolute atomic E-state index is 10.0. The van der Waals surface area contributed by atoms with Crippen molar-refractivity contribution in [3.8, 4) is 0 Å². The van der Waals surface area contributed by atoms with E-state index in [9.17, 15) is 5.11 Å². The Kier molecular flexibility index (Phi) is 6.45. The summed E-state index contributed by atoms with van der Waals surface area (Å²) in [4.78, 5) is 4.61. The first-order chi connectivity index (χ1) is 7.99. The molecule has 0 amide bonds. The van der Waals surface area contributed by atoms with E-state index in [-0.39, 0.29) is 6.10 Å². The van der Waals surface area contributed by atoms with Gasteiger partial charge in [-0.2, -0.15) is 0 Å². The molecule has 1 saturated carbocycles. The molecule has 0 aromatic rings. The minimum absolute atomic E-state index is 0.0671. The normalized spacial score (nSPS) is 30.2. The van der Waals surface area contributed by atoms with Crippen LogP contribution in [0.4, 0.5) is 0 Å². The van der Waals surface area contributed by atoms with E-state index >= 15 is 0 Å². The summed E-state index contributed by atoms with van der Waals surface area (Å²) in [5.41, 5.74) is 0. The molecule has 0 bridgehead atoms. The predicted molar refractivity (Wildman–Crippen MR) is 73.2 cm³/mol. The van der Waals surface area contributed by atoms with Crippen molar-refractivity contribution in [2.75, 3.05) is 40.8 Å². The van der Waals surface area contributed by atoms with Crippen LogP contribution in [0.3, 0.4) is 0 Å². The van der Waals surface area contributed by atoms with Gasteiger partial charge in [0.2, 0.25) is 0 Å². The van der Waals surface area contributed by atoms with Gasteiger partial charge in [0, 0.05) is 6.54 Å². The maximum Gasteiger partial charge on any atom is 0.0580 e. The minimum Gasteiger partial charge on any atom is -0.393 e. The van der Waals surface area contributed by atoms with Crippen molar-refractivity contribution in [1.82, 2.24) is 9.80 Å². The highest BCUT2D eigenvalue weighted by molar-refractivity contribution is 4.79. The quantitative estimate of drug-likeness (QED) is 0.767. The Balaban J connectivity index is 2.22. The Hall–Kier alpha value is -0.120. The average Bonchev–Trinajstić information content (AvgIpc) is 2.23. The van der Waals surface area contributed by atoms with Crippen LogP contribution in [0.1, 0.15) is 32.6 Å². The first-order valence-corrected chi connectivity index (χ1v) is 7.00. The number of rotatable bonds is 6. The monoisotopic (exact) mass is 242 g/mol. The van der Waals surface area contributed by atoms with Gasteiger partial charge in [0.05, 0.1) is 6.10 Å². The van der Waals surface area contributed by atoms with Crippen molar-refractivity contribution < 1.29 is 5.11 Å². The molecule has 1 aliphatic rings. The first-order valence-electron chi connectivity index (χ1n) is 7.00. The molecule has 3 heteroatoms. The smallest absolute Gasteiger partial charge is 0.0580 e. The van der Waals surface area contributed by atoms with Crippen molar-refractivity contribution in [3.05, 3.63) is 0 Å². The van der Waals surface area contributed by atoms with Crippen LogP contribution in [0.15, 0.2) is 0 Å². The van der Waals surface area contributed by atoms with Gasteiger partial charge >= 0.3 is 0 Å². The molecule has 102 valence electrons. The summed E-state index contributed by atoms with van der Waals surface area (Å²) in [5.74, 6) is 1.28. The van der Waals surface area contributed by atoms with Crippen LogP contribution in [-0.4, -0.2) is 61.8 Å². The van der Waals surface area contributed by atoms with Crippen LogP contribution >= 0.6 is 0 Å². The lowest BCUT2D eigenvalue weighted by Crippen LogP contribution is -2.37. The Morgan fingerprint density at radius 3 is 2.47 bits per heavy atom. The zero-order valence-electron chi connectivity index (χ0n) is 12.0. The number of hydrogen-bond acceptors (Lipinski definition) is 3. The summed E-state index contributed by atoms with van der Waals surface area (Å²) in [6.45, 7) is 5.65. The van der Waals surface area contributed by atoms with Crippen molar-refractivity contribution in [3.63, 3.8) is 0 Å². The molecule has 17 heavy (non-hydrogen) atoms. The molecule has 1 N–H and O–H groups in total. The zero-order chi connectivity index (χ0) is 12.8. The van der Waals surface area contributed by atoms with Crippen LogP contribution in [-0.2, 0) is 0 Å². The molecule has 0 aromatic carbocycles. The van der Waals surface area contributed by atoms with E-state index < -0.39 is 0 Å². The van der Waals surface area contributed by atoms with Crippen molar-refractivity contribution in [2.24, 2.45) is 11.8 Å². The average molecular weight is 242 g/mol. The summed E-state index contributed by atoms with van der Waals surface area (Å²) in [7, 11) is 6.42. The van der Waals surface area contributed by atoms with Crippen LogP contribution in [0.25, 0.3) is 0 Å². The number of aliphatic hydroxyl groups is 1.